The molecule has 1 unspecified atom stereocenters. The van der Waals surface area contributed by atoms with Crippen molar-refractivity contribution in [3.8, 4) is 0 Å². The van der Waals surface area contributed by atoms with E-state index in [1.54, 1.807) is 0 Å². The summed E-state index contributed by atoms with van der Waals surface area (Å²) in [5, 5.41) is 0. The summed E-state index contributed by atoms with van der Waals surface area (Å²) in [7, 11) is 0. The van der Waals surface area contributed by atoms with Crippen molar-refractivity contribution in [2.24, 2.45) is 0 Å². The fourth-order valence-electron chi connectivity index (χ4n) is 2.27. The van der Waals surface area contributed by atoms with E-state index in [0.717, 1.165) is 55.7 Å². The molecule has 1 aliphatic rings. The lowest BCUT2D eigenvalue weighted by molar-refractivity contribution is -0.171. The summed E-state index contributed by atoms with van der Waals surface area (Å²) >= 11 is 0. The minimum Gasteiger partial charge on any atom is -0.463 e. The van der Waals surface area contributed by atoms with Crippen LogP contribution in [0, 0.1) is 6.92 Å². The highest BCUT2D eigenvalue weighted by molar-refractivity contribution is 5.49. The van der Waals surface area contributed by atoms with Gasteiger partial charge in [-0.1, -0.05) is 0 Å². The molecule has 106 valence electrons. The van der Waals surface area contributed by atoms with Gasteiger partial charge in [0, 0.05) is 19.4 Å². The number of carbonyl (C=O) groups excluding carboxylic acids is 1. The first-order valence-electron chi connectivity index (χ1n) is 7.04. The molecule has 1 fully saturated rings. The monoisotopic (exact) mass is 266 g/mol. The van der Waals surface area contributed by atoms with Gasteiger partial charge in [-0.2, -0.15) is 0 Å². The summed E-state index contributed by atoms with van der Waals surface area (Å²) in [6.45, 7) is 3.28. The minimum absolute atomic E-state index is 0.0855. The molecule has 1 saturated heterocycles. The van der Waals surface area contributed by atoms with Gasteiger partial charge in [0.1, 0.15) is 24.4 Å². The Morgan fingerprint density at radius 1 is 1.47 bits per heavy atom. The van der Waals surface area contributed by atoms with Crippen molar-refractivity contribution in [1.82, 2.24) is 0 Å². The lowest BCUT2D eigenvalue weighted by Crippen LogP contribution is -2.21. The zero-order valence-electron chi connectivity index (χ0n) is 11.5. The van der Waals surface area contributed by atoms with Crippen molar-refractivity contribution in [1.29, 1.82) is 0 Å². The number of aldehydes is 1. The van der Waals surface area contributed by atoms with E-state index in [-0.39, 0.29) is 6.29 Å². The van der Waals surface area contributed by atoms with E-state index in [1.807, 2.05) is 13.0 Å². The molecule has 4 heteroatoms. The fourth-order valence-corrected chi connectivity index (χ4v) is 2.27. The Morgan fingerprint density at radius 2 is 2.37 bits per heavy atom. The maximum absolute atomic E-state index is 10.3. The standard InChI is InChI=1S/C15H22O4/c1-12-10-13(19-14(12)6-2-4-8-16)11-18-15-7-3-5-9-17-15/h8,10,15H,2-7,9,11H2,1H3. The Bertz CT molecular complexity index is 391. The molecule has 0 saturated carbocycles. The number of hydrogen-bond donors (Lipinski definition) is 0. The lowest BCUT2D eigenvalue weighted by atomic mass is 10.1. The molecule has 0 spiro atoms. The van der Waals surface area contributed by atoms with Crippen LogP contribution in [0.3, 0.4) is 0 Å². The number of unbranched alkanes of at least 4 members (excludes halogenated alkanes) is 1. The third kappa shape index (κ3) is 4.48. The first-order valence-corrected chi connectivity index (χ1v) is 7.04. The largest absolute Gasteiger partial charge is 0.463 e. The first kappa shape index (κ1) is 14.3. The van der Waals surface area contributed by atoms with Crippen LogP contribution in [0.4, 0.5) is 0 Å². The normalized spacial score (nSPS) is 19.5. The van der Waals surface area contributed by atoms with E-state index in [0.29, 0.717) is 13.0 Å². The second kappa shape index (κ2) is 7.46. The molecule has 1 atom stereocenters. The first-order chi connectivity index (χ1) is 9.29. The summed E-state index contributed by atoms with van der Waals surface area (Å²) in [5.41, 5.74) is 1.13. The Balaban J connectivity index is 1.79. The van der Waals surface area contributed by atoms with Crippen molar-refractivity contribution in [3.05, 3.63) is 23.2 Å². The molecule has 1 aliphatic heterocycles. The Hall–Kier alpha value is -1.13. The van der Waals surface area contributed by atoms with Crippen LogP contribution in [0.5, 0.6) is 0 Å². The number of rotatable bonds is 7. The van der Waals surface area contributed by atoms with Crippen LogP contribution < -0.4 is 0 Å². The van der Waals surface area contributed by atoms with E-state index in [9.17, 15) is 4.79 Å². The number of aryl methyl sites for hydroxylation is 2. The number of ether oxygens (including phenoxy) is 2. The van der Waals surface area contributed by atoms with Crippen LogP contribution in [-0.2, 0) is 27.3 Å². The zero-order chi connectivity index (χ0) is 13.5. The molecule has 2 heterocycles. The highest BCUT2D eigenvalue weighted by Crippen LogP contribution is 2.20. The van der Waals surface area contributed by atoms with Crippen LogP contribution in [0.15, 0.2) is 10.5 Å². The SMILES string of the molecule is Cc1cc(COC2CCCCO2)oc1CCCC=O. The summed E-state index contributed by atoms with van der Waals surface area (Å²) in [6.07, 6.45) is 6.35. The molecular weight excluding hydrogens is 244 g/mol. The van der Waals surface area contributed by atoms with E-state index in [1.165, 1.54) is 6.42 Å². The van der Waals surface area contributed by atoms with Crippen molar-refractivity contribution in [2.75, 3.05) is 6.61 Å². The van der Waals surface area contributed by atoms with Crippen molar-refractivity contribution < 1.29 is 18.7 Å². The average molecular weight is 266 g/mol. The van der Waals surface area contributed by atoms with Gasteiger partial charge in [-0.3, -0.25) is 0 Å². The van der Waals surface area contributed by atoms with Gasteiger partial charge in [-0.25, -0.2) is 0 Å². The maximum Gasteiger partial charge on any atom is 0.158 e. The van der Waals surface area contributed by atoms with Crippen molar-refractivity contribution >= 4 is 6.29 Å². The van der Waals surface area contributed by atoms with Crippen LogP contribution in [0.25, 0.3) is 0 Å². The summed E-state index contributed by atoms with van der Waals surface area (Å²) in [5.74, 6) is 1.80. The molecule has 19 heavy (non-hydrogen) atoms. The van der Waals surface area contributed by atoms with E-state index >= 15 is 0 Å². The smallest absolute Gasteiger partial charge is 0.158 e. The van der Waals surface area contributed by atoms with Gasteiger partial charge in [0.2, 0.25) is 0 Å². The zero-order valence-corrected chi connectivity index (χ0v) is 11.5. The molecular formula is C15H22O4. The topological polar surface area (TPSA) is 48.7 Å². The van der Waals surface area contributed by atoms with E-state index < -0.39 is 0 Å². The van der Waals surface area contributed by atoms with E-state index in [2.05, 4.69) is 0 Å². The molecule has 0 aromatic carbocycles. The van der Waals surface area contributed by atoms with Gasteiger partial charge in [0.15, 0.2) is 6.29 Å². The molecule has 0 amide bonds. The fraction of sp³-hybridized carbons (Fsp3) is 0.667. The second-order valence-corrected chi connectivity index (χ2v) is 4.98. The van der Waals surface area contributed by atoms with Crippen LogP contribution in [0.2, 0.25) is 0 Å². The van der Waals surface area contributed by atoms with Gasteiger partial charge < -0.3 is 18.7 Å². The molecule has 0 N–H and O–H groups in total. The van der Waals surface area contributed by atoms with E-state index in [4.69, 9.17) is 13.9 Å². The van der Waals surface area contributed by atoms with Gasteiger partial charge >= 0.3 is 0 Å². The summed E-state index contributed by atoms with van der Waals surface area (Å²) in [6, 6.07) is 2.01. The van der Waals surface area contributed by atoms with Gasteiger partial charge in [-0.15, -0.1) is 0 Å². The summed E-state index contributed by atoms with van der Waals surface area (Å²) in [4.78, 5) is 10.3. The van der Waals surface area contributed by atoms with Crippen LogP contribution >= 0.6 is 0 Å². The third-order valence-electron chi connectivity index (χ3n) is 3.35. The van der Waals surface area contributed by atoms with Gasteiger partial charge in [-0.05, 0) is 44.2 Å². The molecule has 0 radical (unpaired) electrons. The molecule has 4 nitrogen and oxygen atoms in total. The van der Waals surface area contributed by atoms with Crippen LogP contribution in [0.1, 0.15) is 49.2 Å². The number of hydrogen-bond acceptors (Lipinski definition) is 4. The third-order valence-corrected chi connectivity index (χ3v) is 3.35. The number of furan rings is 1. The minimum atomic E-state index is -0.0855. The Morgan fingerprint density at radius 3 is 3.11 bits per heavy atom. The molecule has 1 aromatic rings. The van der Waals surface area contributed by atoms with Crippen molar-refractivity contribution in [2.45, 2.75) is 58.3 Å². The molecule has 1 aromatic heterocycles. The summed E-state index contributed by atoms with van der Waals surface area (Å²) < 4.78 is 17.0. The quantitative estimate of drug-likeness (QED) is 0.562. The highest BCUT2D eigenvalue weighted by Gasteiger charge is 2.15. The van der Waals surface area contributed by atoms with Crippen molar-refractivity contribution in [3.63, 3.8) is 0 Å². The van der Waals surface area contributed by atoms with Crippen LogP contribution in [-0.4, -0.2) is 19.2 Å². The molecule has 0 bridgehead atoms. The lowest BCUT2D eigenvalue weighted by Gasteiger charge is -2.22. The second-order valence-electron chi connectivity index (χ2n) is 4.98. The average Bonchev–Trinajstić information content (AvgIpc) is 2.79. The maximum atomic E-state index is 10.3. The Kier molecular flexibility index (Phi) is 5.61. The molecule has 0 aliphatic carbocycles. The predicted octanol–water partition coefficient (Wildman–Crippen LogP) is 3.15. The highest BCUT2D eigenvalue weighted by atomic mass is 16.7. The Labute approximate surface area is 114 Å². The van der Waals surface area contributed by atoms with Gasteiger partial charge in [0.05, 0.1) is 0 Å². The number of carbonyl (C=O) groups is 1. The predicted molar refractivity (Wildman–Crippen MR) is 70.8 cm³/mol. The van der Waals surface area contributed by atoms with Gasteiger partial charge in [0.25, 0.3) is 0 Å². The molecule has 2 rings (SSSR count).